The molecule has 4 aromatic carbocycles. The molecule has 0 aliphatic carbocycles. The summed E-state index contributed by atoms with van der Waals surface area (Å²) in [5, 5.41) is 0. The van der Waals surface area contributed by atoms with E-state index in [0.717, 1.165) is 24.5 Å². The molecule has 4 aromatic rings. The lowest BCUT2D eigenvalue weighted by atomic mass is 10.0. The van der Waals surface area contributed by atoms with Gasteiger partial charge in [0.25, 0.3) is 0 Å². The third-order valence-corrected chi connectivity index (χ3v) is 6.24. The van der Waals surface area contributed by atoms with E-state index < -0.39 is 0 Å². The van der Waals surface area contributed by atoms with Gasteiger partial charge in [0.15, 0.2) is 0 Å². The van der Waals surface area contributed by atoms with Crippen LogP contribution in [0.25, 0.3) is 0 Å². The summed E-state index contributed by atoms with van der Waals surface area (Å²) in [6.07, 6.45) is 1.04. The maximum Gasteiger partial charge on any atom is 0.120 e. The number of hydrogen-bond acceptors (Lipinski definition) is 3. The van der Waals surface area contributed by atoms with Crippen LogP contribution in [0.1, 0.15) is 41.6 Å². The van der Waals surface area contributed by atoms with Gasteiger partial charge in [-0.1, -0.05) is 73.7 Å². The highest BCUT2D eigenvalue weighted by molar-refractivity contribution is 5.57. The van der Waals surface area contributed by atoms with Crippen LogP contribution >= 0.6 is 0 Å². The van der Waals surface area contributed by atoms with Crippen LogP contribution < -0.4 is 14.4 Å². The van der Waals surface area contributed by atoms with E-state index in [1.807, 2.05) is 36.4 Å². The van der Waals surface area contributed by atoms with Gasteiger partial charge >= 0.3 is 0 Å². The highest BCUT2D eigenvalue weighted by atomic mass is 16.5. The van der Waals surface area contributed by atoms with Crippen LogP contribution in [0.2, 0.25) is 0 Å². The maximum atomic E-state index is 6.10. The van der Waals surface area contributed by atoms with Crippen molar-refractivity contribution in [2.75, 3.05) is 4.90 Å². The van der Waals surface area contributed by atoms with Crippen molar-refractivity contribution in [3.05, 3.63) is 125 Å². The summed E-state index contributed by atoms with van der Waals surface area (Å²) >= 11 is 0. The Morgan fingerprint density at radius 1 is 0.697 bits per heavy atom. The zero-order chi connectivity index (χ0) is 22.5. The van der Waals surface area contributed by atoms with Crippen LogP contribution in [0, 0.1) is 0 Å². The van der Waals surface area contributed by atoms with Crippen LogP contribution in [0.5, 0.6) is 11.5 Å². The molecule has 0 saturated heterocycles. The van der Waals surface area contributed by atoms with Crippen LogP contribution in [0.15, 0.2) is 103 Å². The second-order valence-electron chi connectivity index (χ2n) is 8.46. The van der Waals surface area contributed by atoms with Crippen molar-refractivity contribution in [3.63, 3.8) is 0 Å². The van der Waals surface area contributed by atoms with Crippen molar-refractivity contribution in [3.8, 4) is 11.5 Å². The van der Waals surface area contributed by atoms with E-state index in [-0.39, 0.29) is 0 Å². The first kappa shape index (κ1) is 21.1. The molecule has 0 bridgehead atoms. The van der Waals surface area contributed by atoms with Crippen molar-refractivity contribution in [1.29, 1.82) is 0 Å². The first-order valence-electron chi connectivity index (χ1n) is 11.6. The predicted octanol–water partition coefficient (Wildman–Crippen LogP) is 7.32. The van der Waals surface area contributed by atoms with Crippen LogP contribution in [-0.2, 0) is 19.8 Å². The molecule has 1 atom stereocenters. The van der Waals surface area contributed by atoms with Gasteiger partial charge in [-0.25, -0.2) is 0 Å². The van der Waals surface area contributed by atoms with Crippen molar-refractivity contribution in [2.45, 2.75) is 39.1 Å². The number of rotatable bonds is 8. The number of hydrogen-bond donors (Lipinski definition) is 0. The van der Waals surface area contributed by atoms with E-state index in [1.165, 1.54) is 27.9 Å². The molecule has 0 spiro atoms. The molecule has 1 aliphatic heterocycles. The molecule has 0 N–H and O–H groups in total. The zero-order valence-electron chi connectivity index (χ0n) is 19.0. The Bertz CT molecular complexity index is 1170. The third-order valence-electron chi connectivity index (χ3n) is 6.24. The van der Waals surface area contributed by atoms with Gasteiger partial charge in [0, 0.05) is 12.2 Å². The van der Waals surface area contributed by atoms with Gasteiger partial charge in [0.2, 0.25) is 0 Å². The predicted molar refractivity (Wildman–Crippen MR) is 134 cm³/mol. The van der Waals surface area contributed by atoms with Gasteiger partial charge in [-0.15, -0.1) is 0 Å². The van der Waals surface area contributed by atoms with Crippen LogP contribution in [0.3, 0.4) is 0 Å². The highest BCUT2D eigenvalue weighted by Gasteiger charge is 2.29. The summed E-state index contributed by atoms with van der Waals surface area (Å²) in [6.45, 7) is 4.34. The Labute approximate surface area is 196 Å². The summed E-state index contributed by atoms with van der Waals surface area (Å²) in [7, 11) is 0. The maximum absolute atomic E-state index is 6.10. The third kappa shape index (κ3) is 4.88. The van der Waals surface area contributed by atoms with Crippen molar-refractivity contribution >= 4 is 5.69 Å². The standard InChI is InChI=1S/C30H29NO2/c1-2-30-29-19-28(33-22-24-11-7-4-8-12-24)16-13-25(29)20-31(30)26-14-17-27(18-15-26)32-21-23-9-5-3-6-10-23/h3-19,30H,2,20-22H2,1H3. The summed E-state index contributed by atoms with van der Waals surface area (Å²) in [5.74, 6) is 1.83. The molecule has 0 amide bonds. The number of nitrogens with zero attached hydrogens (tertiary/aromatic N) is 1. The topological polar surface area (TPSA) is 21.7 Å². The van der Waals surface area contributed by atoms with E-state index in [9.17, 15) is 0 Å². The Morgan fingerprint density at radius 3 is 1.88 bits per heavy atom. The molecule has 3 heteroatoms. The molecular formula is C30H29NO2. The summed E-state index contributed by atoms with van der Waals surface area (Å²) in [5.41, 5.74) is 6.32. The summed E-state index contributed by atoms with van der Waals surface area (Å²) < 4.78 is 12.1. The van der Waals surface area contributed by atoms with E-state index in [4.69, 9.17) is 9.47 Å². The second-order valence-corrected chi connectivity index (χ2v) is 8.46. The molecule has 1 aliphatic rings. The minimum absolute atomic E-state index is 0.344. The fraction of sp³-hybridized carbons (Fsp3) is 0.200. The van der Waals surface area contributed by atoms with Gasteiger partial charge in [-0.2, -0.15) is 0 Å². The molecule has 5 rings (SSSR count). The van der Waals surface area contributed by atoms with Gasteiger partial charge in [-0.3, -0.25) is 0 Å². The Hall–Kier alpha value is -3.72. The zero-order valence-corrected chi connectivity index (χ0v) is 19.0. The number of anilines is 1. The quantitative estimate of drug-likeness (QED) is 0.289. The van der Waals surface area contributed by atoms with Crippen LogP contribution in [0.4, 0.5) is 5.69 Å². The summed E-state index contributed by atoms with van der Waals surface area (Å²) in [4.78, 5) is 2.48. The Morgan fingerprint density at radius 2 is 1.27 bits per heavy atom. The average Bonchev–Trinajstić information content (AvgIpc) is 3.25. The van der Waals surface area contributed by atoms with Crippen molar-refractivity contribution < 1.29 is 9.47 Å². The average molecular weight is 436 g/mol. The van der Waals surface area contributed by atoms with E-state index in [1.54, 1.807) is 0 Å². The molecule has 0 saturated carbocycles. The number of benzene rings is 4. The molecule has 3 nitrogen and oxygen atoms in total. The first-order chi connectivity index (χ1) is 16.3. The highest BCUT2D eigenvalue weighted by Crippen LogP contribution is 2.41. The molecule has 0 fully saturated rings. The van der Waals surface area contributed by atoms with Crippen LogP contribution in [-0.4, -0.2) is 0 Å². The SMILES string of the molecule is CCC1c2cc(OCc3ccccc3)ccc2CN1c1ccc(OCc2ccccc2)cc1. The summed E-state index contributed by atoms with van der Waals surface area (Å²) in [6, 6.07) is 35.9. The fourth-order valence-electron chi connectivity index (χ4n) is 4.51. The minimum Gasteiger partial charge on any atom is -0.489 e. The normalized spacial score (nSPS) is 14.7. The van der Waals surface area contributed by atoms with E-state index in [0.29, 0.717) is 19.3 Å². The lowest BCUT2D eigenvalue weighted by molar-refractivity contribution is 0.306. The number of fused-ring (bicyclic) bond motifs is 1. The van der Waals surface area contributed by atoms with Gasteiger partial charge in [0.05, 0.1) is 6.04 Å². The molecule has 1 unspecified atom stereocenters. The lowest BCUT2D eigenvalue weighted by Gasteiger charge is -2.26. The second kappa shape index (κ2) is 9.83. The van der Waals surface area contributed by atoms with Crippen molar-refractivity contribution in [2.24, 2.45) is 0 Å². The molecular weight excluding hydrogens is 406 g/mol. The fourth-order valence-corrected chi connectivity index (χ4v) is 4.51. The van der Waals surface area contributed by atoms with Gasteiger partial charge in [0.1, 0.15) is 24.7 Å². The molecule has 0 aromatic heterocycles. The number of ether oxygens (including phenoxy) is 2. The van der Waals surface area contributed by atoms with Gasteiger partial charge < -0.3 is 14.4 Å². The lowest BCUT2D eigenvalue weighted by Crippen LogP contribution is -2.20. The van der Waals surface area contributed by atoms with E-state index in [2.05, 4.69) is 78.6 Å². The monoisotopic (exact) mass is 435 g/mol. The largest absolute Gasteiger partial charge is 0.489 e. The molecule has 0 radical (unpaired) electrons. The molecule has 33 heavy (non-hydrogen) atoms. The Balaban J connectivity index is 1.26. The first-order valence-corrected chi connectivity index (χ1v) is 11.6. The Kier molecular flexibility index (Phi) is 6.30. The molecule has 1 heterocycles. The smallest absolute Gasteiger partial charge is 0.120 e. The van der Waals surface area contributed by atoms with Crippen molar-refractivity contribution in [1.82, 2.24) is 0 Å². The van der Waals surface area contributed by atoms with Gasteiger partial charge in [-0.05, 0) is 65.1 Å². The molecule has 166 valence electrons. The minimum atomic E-state index is 0.344. The van der Waals surface area contributed by atoms with E-state index >= 15 is 0 Å².